The third kappa shape index (κ3) is 1.63. The largest absolute Gasteiger partial charge is 0.397 e. The average Bonchev–Trinajstić information content (AvgIpc) is 2.68. The lowest BCUT2D eigenvalue weighted by Gasteiger charge is -2.00. The molecule has 0 aliphatic rings. The van der Waals surface area contributed by atoms with Crippen LogP contribution in [0.4, 0.5) is 5.69 Å². The number of benzene rings is 1. The van der Waals surface area contributed by atoms with Gasteiger partial charge in [0.15, 0.2) is 5.82 Å². The van der Waals surface area contributed by atoms with Crippen molar-refractivity contribution in [1.82, 2.24) is 19.3 Å². The van der Waals surface area contributed by atoms with Crippen molar-refractivity contribution in [3.63, 3.8) is 0 Å². The van der Waals surface area contributed by atoms with Crippen LogP contribution in [0.1, 0.15) is 0 Å². The van der Waals surface area contributed by atoms with E-state index in [1.54, 1.807) is 23.9 Å². The molecule has 0 atom stereocenters. The van der Waals surface area contributed by atoms with Gasteiger partial charge < -0.3 is 5.73 Å². The molecule has 0 saturated carbocycles. The van der Waals surface area contributed by atoms with Crippen molar-refractivity contribution in [2.75, 3.05) is 5.73 Å². The summed E-state index contributed by atoms with van der Waals surface area (Å²) in [4.78, 5) is 25.1. The number of aromatic amines is 1. The normalized spacial score (nSPS) is 11.0. The molecular weight excluding hydrogens is 246 g/mol. The minimum atomic E-state index is -0.532. The zero-order valence-electron chi connectivity index (χ0n) is 10.1. The van der Waals surface area contributed by atoms with Gasteiger partial charge in [-0.05, 0) is 12.1 Å². The van der Waals surface area contributed by atoms with E-state index in [9.17, 15) is 9.59 Å². The Balaban J connectivity index is 2.41. The molecule has 2 heterocycles. The van der Waals surface area contributed by atoms with Crippen molar-refractivity contribution in [3.8, 4) is 5.82 Å². The summed E-state index contributed by atoms with van der Waals surface area (Å²) in [6, 6.07) is 6.66. The molecule has 7 nitrogen and oxygen atoms in total. The van der Waals surface area contributed by atoms with Gasteiger partial charge in [0.25, 0.3) is 5.56 Å². The van der Waals surface area contributed by atoms with E-state index in [1.807, 2.05) is 6.07 Å². The first-order valence-electron chi connectivity index (χ1n) is 5.61. The number of nitrogens with two attached hydrogens (primary N) is 1. The Morgan fingerprint density at radius 1 is 1.26 bits per heavy atom. The highest BCUT2D eigenvalue weighted by Crippen LogP contribution is 2.24. The van der Waals surface area contributed by atoms with Crippen LogP contribution in [0.3, 0.4) is 0 Å². The van der Waals surface area contributed by atoms with Crippen LogP contribution in [0, 0.1) is 0 Å². The molecular formula is C12H11N5O2. The molecule has 3 aromatic rings. The van der Waals surface area contributed by atoms with Crippen LogP contribution >= 0.6 is 0 Å². The predicted octanol–water partition coefficient (Wildman–Crippen LogP) is -0.00530. The molecule has 0 amide bonds. The van der Waals surface area contributed by atoms with Crippen molar-refractivity contribution in [1.29, 1.82) is 0 Å². The lowest BCUT2D eigenvalue weighted by molar-refractivity contribution is 0.760. The third-order valence-corrected chi connectivity index (χ3v) is 2.93. The van der Waals surface area contributed by atoms with Gasteiger partial charge in [0.1, 0.15) is 0 Å². The fourth-order valence-electron chi connectivity index (χ4n) is 2.11. The molecule has 0 saturated heterocycles. The molecule has 0 aliphatic carbocycles. The van der Waals surface area contributed by atoms with Gasteiger partial charge in [0.05, 0.1) is 11.2 Å². The van der Waals surface area contributed by atoms with Crippen molar-refractivity contribution in [2.24, 2.45) is 7.05 Å². The molecule has 0 unspecified atom stereocenters. The van der Waals surface area contributed by atoms with Gasteiger partial charge in [0, 0.05) is 24.7 Å². The summed E-state index contributed by atoms with van der Waals surface area (Å²) in [6.07, 6.45) is 1.39. The molecule has 0 bridgehead atoms. The summed E-state index contributed by atoms with van der Waals surface area (Å²) in [5, 5.41) is 5.04. The van der Waals surface area contributed by atoms with Gasteiger partial charge in [-0.2, -0.15) is 5.10 Å². The predicted molar refractivity (Wildman–Crippen MR) is 71.3 cm³/mol. The highest BCUT2D eigenvalue weighted by atomic mass is 16.2. The number of aromatic nitrogens is 4. The SMILES string of the molecule is Cn1nc(-n2ccc(=O)[nH]c2=O)c2cccc(N)c21. The van der Waals surface area contributed by atoms with Gasteiger partial charge >= 0.3 is 5.69 Å². The van der Waals surface area contributed by atoms with E-state index in [4.69, 9.17) is 5.73 Å². The van der Waals surface area contributed by atoms with E-state index in [1.165, 1.54) is 16.8 Å². The summed E-state index contributed by atoms with van der Waals surface area (Å²) in [7, 11) is 1.75. The molecule has 7 heteroatoms. The number of hydrogen-bond acceptors (Lipinski definition) is 4. The Labute approximate surface area is 106 Å². The van der Waals surface area contributed by atoms with Crippen molar-refractivity contribution in [2.45, 2.75) is 0 Å². The fourth-order valence-corrected chi connectivity index (χ4v) is 2.11. The summed E-state index contributed by atoms with van der Waals surface area (Å²) in [5.41, 5.74) is 6.25. The molecule has 1 aromatic carbocycles. The second kappa shape index (κ2) is 3.84. The number of H-pyrrole nitrogens is 1. The van der Waals surface area contributed by atoms with E-state index in [2.05, 4.69) is 10.1 Å². The number of hydrogen-bond donors (Lipinski definition) is 2. The van der Waals surface area contributed by atoms with Crippen LogP contribution in [0.25, 0.3) is 16.7 Å². The maximum Gasteiger partial charge on any atom is 0.334 e. The highest BCUT2D eigenvalue weighted by molar-refractivity contribution is 5.94. The first kappa shape index (κ1) is 11.3. The molecule has 19 heavy (non-hydrogen) atoms. The van der Waals surface area contributed by atoms with Crippen molar-refractivity contribution in [3.05, 3.63) is 51.3 Å². The standard InChI is InChI=1S/C12H11N5O2/c1-16-10-7(3-2-4-8(10)13)11(15-16)17-6-5-9(18)14-12(17)19/h2-6H,13H2,1H3,(H,14,18,19). The molecule has 2 aromatic heterocycles. The van der Waals surface area contributed by atoms with Crippen LogP contribution in [0.2, 0.25) is 0 Å². The van der Waals surface area contributed by atoms with Crippen molar-refractivity contribution >= 4 is 16.6 Å². The third-order valence-electron chi connectivity index (χ3n) is 2.93. The number of rotatable bonds is 1. The summed E-state index contributed by atoms with van der Waals surface area (Å²) in [6.45, 7) is 0. The lowest BCUT2D eigenvalue weighted by Crippen LogP contribution is -2.27. The minimum absolute atomic E-state index is 0.436. The van der Waals surface area contributed by atoms with E-state index in [-0.39, 0.29) is 0 Å². The number of nitrogen functional groups attached to an aromatic ring is 1. The lowest BCUT2D eigenvalue weighted by atomic mass is 10.2. The number of anilines is 1. The quantitative estimate of drug-likeness (QED) is 0.599. The summed E-state index contributed by atoms with van der Waals surface area (Å²) >= 11 is 0. The van der Waals surface area contributed by atoms with Crippen LogP contribution in [0.5, 0.6) is 0 Å². The highest BCUT2D eigenvalue weighted by Gasteiger charge is 2.13. The second-order valence-electron chi connectivity index (χ2n) is 4.17. The molecule has 0 fully saturated rings. The minimum Gasteiger partial charge on any atom is -0.397 e. The van der Waals surface area contributed by atoms with Crippen LogP contribution in [-0.4, -0.2) is 19.3 Å². The second-order valence-corrected chi connectivity index (χ2v) is 4.17. The Morgan fingerprint density at radius 3 is 2.79 bits per heavy atom. The Kier molecular flexibility index (Phi) is 2.28. The number of nitrogens with one attached hydrogen (secondary N) is 1. The number of fused-ring (bicyclic) bond motifs is 1. The molecule has 3 rings (SSSR count). The Morgan fingerprint density at radius 2 is 2.05 bits per heavy atom. The molecule has 96 valence electrons. The zero-order valence-corrected chi connectivity index (χ0v) is 10.1. The van der Waals surface area contributed by atoms with E-state index < -0.39 is 11.2 Å². The van der Waals surface area contributed by atoms with E-state index in [0.717, 1.165) is 10.9 Å². The number of nitrogens with zero attached hydrogens (tertiary/aromatic N) is 3. The molecule has 0 spiro atoms. The van der Waals surface area contributed by atoms with E-state index in [0.29, 0.717) is 11.5 Å². The smallest absolute Gasteiger partial charge is 0.334 e. The number of aryl methyl sites for hydroxylation is 1. The fraction of sp³-hybridized carbons (Fsp3) is 0.0833. The van der Waals surface area contributed by atoms with Gasteiger partial charge in [-0.1, -0.05) is 6.07 Å². The summed E-state index contributed by atoms with van der Waals surface area (Å²) in [5.74, 6) is 0.436. The Hall–Kier alpha value is -2.83. The van der Waals surface area contributed by atoms with Gasteiger partial charge in [0.2, 0.25) is 0 Å². The molecule has 0 radical (unpaired) electrons. The van der Waals surface area contributed by atoms with Crippen molar-refractivity contribution < 1.29 is 0 Å². The first-order valence-corrected chi connectivity index (χ1v) is 5.61. The summed E-state index contributed by atoms with van der Waals surface area (Å²) < 4.78 is 2.89. The average molecular weight is 257 g/mol. The number of para-hydroxylation sites is 1. The zero-order chi connectivity index (χ0) is 13.6. The molecule has 3 N–H and O–H groups in total. The van der Waals surface area contributed by atoms with Crippen LogP contribution in [-0.2, 0) is 7.05 Å². The van der Waals surface area contributed by atoms with Gasteiger partial charge in [-0.15, -0.1) is 0 Å². The van der Waals surface area contributed by atoms with Gasteiger partial charge in [-0.3, -0.25) is 19.0 Å². The monoisotopic (exact) mass is 257 g/mol. The van der Waals surface area contributed by atoms with Gasteiger partial charge in [-0.25, -0.2) is 4.79 Å². The van der Waals surface area contributed by atoms with Crippen LogP contribution in [0.15, 0.2) is 40.1 Å². The topological polar surface area (TPSA) is 98.7 Å². The maximum absolute atomic E-state index is 11.8. The molecule has 0 aliphatic heterocycles. The Bertz CT molecular complexity index is 887. The van der Waals surface area contributed by atoms with E-state index >= 15 is 0 Å². The first-order chi connectivity index (χ1) is 9.08. The van der Waals surface area contributed by atoms with Crippen LogP contribution < -0.4 is 17.0 Å². The maximum atomic E-state index is 11.8.